The van der Waals surface area contributed by atoms with E-state index in [4.69, 9.17) is 4.74 Å². The summed E-state index contributed by atoms with van der Waals surface area (Å²) in [4.78, 5) is 45.2. The van der Waals surface area contributed by atoms with Gasteiger partial charge in [-0.1, -0.05) is 56.0 Å². The van der Waals surface area contributed by atoms with Gasteiger partial charge in [-0.25, -0.2) is 14.8 Å². The summed E-state index contributed by atoms with van der Waals surface area (Å²) in [5, 5.41) is 2.56. The summed E-state index contributed by atoms with van der Waals surface area (Å²) in [5.74, 6) is -1.10. The molecule has 0 spiro atoms. The number of nitrogens with one attached hydrogen (secondary N) is 1. The van der Waals surface area contributed by atoms with Crippen LogP contribution < -0.4 is 10.9 Å². The minimum absolute atomic E-state index is 0.0826. The molecule has 4 rings (SSSR count). The average Bonchev–Trinajstić information content (AvgIpc) is 3.40. The number of nitrogens with zero attached hydrogens (tertiary/aromatic N) is 3. The fourth-order valence-corrected chi connectivity index (χ4v) is 4.32. The minimum atomic E-state index is -4.77. The molecule has 1 aliphatic rings. The van der Waals surface area contributed by atoms with E-state index in [1.54, 1.807) is 0 Å². The van der Waals surface area contributed by atoms with Gasteiger partial charge in [-0.3, -0.25) is 14.2 Å². The molecule has 11 heteroatoms. The molecule has 0 radical (unpaired) electrons. The van der Waals surface area contributed by atoms with Crippen LogP contribution in [-0.4, -0.2) is 26.4 Å². The van der Waals surface area contributed by atoms with E-state index in [1.807, 2.05) is 30.3 Å². The Labute approximate surface area is 210 Å². The molecule has 3 aromatic rings. The van der Waals surface area contributed by atoms with Gasteiger partial charge in [0.15, 0.2) is 5.69 Å². The van der Waals surface area contributed by atoms with E-state index in [2.05, 4.69) is 15.3 Å². The first kappa shape index (κ1) is 26.1. The van der Waals surface area contributed by atoms with E-state index in [9.17, 15) is 27.6 Å². The van der Waals surface area contributed by atoms with Crippen LogP contribution in [0.1, 0.15) is 59.8 Å². The Morgan fingerprint density at radius 2 is 1.78 bits per heavy atom. The number of hydrogen-bond acceptors (Lipinski definition) is 6. The number of alkyl halides is 3. The molecular formula is C26H25F3N4O4. The third-order valence-electron chi connectivity index (χ3n) is 6.25. The maximum absolute atomic E-state index is 13.2. The van der Waals surface area contributed by atoms with Gasteiger partial charge in [0.1, 0.15) is 18.5 Å². The largest absolute Gasteiger partial charge is 0.457 e. The van der Waals surface area contributed by atoms with Crippen LogP contribution >= 0.6 is 0 Å². The lowest BCUT2D eigenvalue weighted by molar-refractivity contribution is -0.142. The average molecular weight is 515 g/mol. The van der Waals surface area contributed by atoms with Crippen molar-refractivity contribution in [2.75, 3.05) is 5.32 Å². The van der Waals surface area contributed by atoms with Crippen molar-refractivity contribution in [1.29, 1.82) is 0 Å². The number of amides is 1. The lowest BCUT2D eigenvalue weighted by Crippen LogP contribution is -2.35. The van der Waals surface area contributed by atoms with Gasteiger partial charge in [-0.2, -0.15) is 13.2 Å². The second kappa shape index (κ2) is 11.4. The molecule has 8 nitrogen and oxygen atoms in total. The molecule has 0 aliphatic heterocycles. The Morgan fingerprint density at radius 1 is 1.05 bits per heavy atom. The number of rotatable bonds is 8. The number of anilines is 1. The molecule has 1 N–H and O–H groups in total. The van der Waals surface area contributed by atoms with E-state index in [-0.39, 0.29) is 30.3 Å². The molecule has 0 saturated heterocycles. The van der Waals surface area contributed by atoms with Crippen molar-refractivity contribution in [3.8, 4) is 0 Å². The first-order chi connectivity index (χ1) is 17.7. The van der Waals surface area contributed by atoms with Gasteiger partial charge in [-0.05, 0) is 30.0 Å². The predicted octanol–water partition coefficient (Wildman–Crippen LogP) is 4.77. The molecular weight excluding hydrogens is 489 g/mol. The Kier molecular flexibility index (Phi) is 8.00. The fraction of sp³-hybridized carbons (Fsp3) is 0.346. The lowest BCUT2D eigenvalue weighted by atomic mass is 9.97. The van der Waals surface area contributed by atoms with E-state index in [1.165, 1.54) is 18.3 Å². The maximum Gasteiger partial charge on any atom is 0.434 e. The third kappa shape index (κ3) is 6.81. The number of hydrogen-bond donors (Lipinski definition) is 1. The first-order valence-corrected chi connectivity index (χ1v) is 11.8. The molecule has 1 atom stereocenters. The molecule has 1 aromatic carbocycles. The van der Waals surface area contributed by atoms with Crippen LogP contribution in [0.2, 0.25) is 0 Å². The van der Waals surface area contributed by atoms with Crippen LogP contribution in [0.15, 0.2) is 65.8 Å². The highest BCUT2D eigenvalue weighted by molar-refractivity contribution is 5.94. The Bertz CT molecular complexity index is 1290. The molecule has 1 aliphatic carbocycles. The van der Waals surface area contributed by atoms with Crippen molar-refractivity contribution < 1.29 is 27.5 Å². The SMILES string of the molecule is O=C(OCc1ccccc1)c1ccc(NC(=O)[C@H](CC2CCCC2)n2cc(C(F)(F)F)ncc2=O)nc1. The standard InChI is InChI=1S/C26H25F3N4O4/c27-26(28,29)21-15-33(23(34)14-30-21)20(12-17-6-4-5-7-17)24(35)32-22-11-10-19(13-31-22)25(36)37-16-18-8-2-1-3-9-18/h1-3,8-11,13-15,17,20H,4-7,12,16H2,(H,31,32,35)/t20-/m0/s1. The van der Waals surface area contributed by atoms with Crippen LogP contribution in [0.3, 0.4) is 0 Å². The summed E-state index contributed by atoms with van der Waals surface area (Å²) in [7, 11) is 0. The topological polar surface area (TPSA) is 103 Å². The molecule has 2 heterocycles. The van der Waals surface area contributed by atoms with Crippen LogP contribution in [0, 0.1) is 5.92 Å². The number of ether oxygens (including phenoxy) is 1. The fourth-order valence-electron chi connectivity index (χ4n) is 4.32. The normalized spacial score (nSPS) is 14.8. The molecule has 1 saturated carbocycles. The summed E-state index contributed by atoms with van der Waals surface area (Å²) < 4.78 is 45.8. The van der Waals surface area contributed by atoms with Crippen LogP contribution in [0.5, 0.6) is 0 Å². The number of carbonyl (C=O) groups excluding carboxylic acids is 2. The van der Waals surface area contributed by atoms with E-state index in [0.717, 1.165) is 35.8 Å². The van der Waals surface area contributed by atoms with E-state index < -0.39 is 35.3 Å². The van der Waals surface area contributed by atoms with Crippen LogP contribution in [-0.2, 0) is 22.3 Å². The van der Waals surface area contributed by atoms with Gasteiger partial charge in [0.25, 0.3) is 5.56 Å². The van der Waals surface area contributed by atoms with Crippen molar-refractivity contribution in [2.24, 2.45) is 5.92 Å². The number of esters is 1. The maximum atomic E-state index is 13.2. The first-order valence-electron chi connectivity index (χ1n) is 11.8. The second-order valence-electron chi connectivity index (χ2n) is 8.90. The third-order valence-corrected chi connectivity index (χ3v) is 6.25. The highest BCUT2D eigenvalue weighted by Crippen LogP contribution is 2.33. The van der Waals surface area contributed by atoms with Crippen molar-refractivity contribution in [3.63, 3.8) is 0 Å². The molecule has 0 unspecified atom stereocenters. The van der Waals surface area contributed by atoms with Gasteiger partial charge in [0, 0.05) is 12.4 Å². The van der Waals surface area contributed by atoms with Crippen molar-refractivity contribution in [2.45, 2.75) is 50.9 Å². The lowest BCUT2D eigenvalue weighted by Gasteiger charge is -2.23. The summed E-state index contributed by atoms with van der Waals surface area (Å²) >= 11 is 0. The molecule has 2 aromatic heterocycles. The van der Waals surface area contributed by atoms with Gasteiger partial charge >= 0.3 is 12.1 Å². The monoisotopic (exact) mass is 514 g/mol. The zero-order valence-electron chi connectivity index (χ0n) is 19.8. The van der Waals surface area contributed by atoms with Crippen LogP contribution in [0.25, 0.3) is 0 Å². The van der Waals surface area contributed by atoms with Gasteiger partial charge in [0.05, 0.1) is 11.8 Å². The summed E-state index contributed by atoms with van der Waals surface area (Å²) in [5.41, 5.74) is -1.08. The van der Waals surface area contributed by atoms with Gasteiger partial charge < -0.3 is 10.1 Å². The zero-order chi connectivity index (χ0) is 26.4. The summed E-state index contributed by atoms with van der Waals surface area (Å²) in [6.45, 7) is 0.0849. The predicted molar refractivity (Wildman–Crippen MR) is 128 cm³/mol. The molecule has 1 fully saturated rings. The number of halogens is 3. The Hall–Kier alpha value is -4.02. The van der Waals surface area contributed by atoms with E-state index in [0.29, 0.717) is 12.4 Å². The summed E-state index contributed by atoms with van der Waals surface area (Å²) in [6.07, 6.45) is 1.40. The molecule has 1 amide bonds. The minimum Gasteiger partial charge on any atom is -0.457 e. The molecule has 194 valence electrons. The molecule has 0 bridgehead atoms. The molecule has 37 heavy (non-hydrogen) atoms. The second-order valence-corrected chi connectivity index (χ2v) is 8.90. The number of carbonyl (C=O) groups is 2. The summed E-state index contributed by atoms with van der Waals surface area (Å²) in [6, 6.07) is 10.8. The smallest absolute Gasteiger partial charge is 0.434 e. The highest BCUT2D eigenvalue weighted by Gasteiger charge is 2.35. The van der Waals surface area contributed by atoms with Gasteiger partial charge in [0.2, 0.25) is 5.91 Å². The number of pyridine rings is 1. The van der Waals surface area contributed by atoms with Crippen LogP contribution in [0.4, 0.5) is 19.0 Å². The van der Waals surface area contributed by atoms with Crippen molar-refractivity contribution in [3.05, 3.63) is 88.2 Å². The Morgan fingerprint density at radius 3 is 2.43 bits per heavy atom. The zero-order valence-corrected chi connectivity index (χ0v) is 19.8. The number of aromatic nitrogens is 3. The highest BCUT2D eigenvalue weighted by atomic mass is 19.4. The van der Waals surface area contributed by atoms with Gasteiger partial charge in [-0.15, -0.1) is 0 Å². The Balaban J connectivity index is 1.49. The quantitative estimate of drug-likeness (QED) is 0.434. The van der Waals surface area contributed by atoms with E-state index >= 15 is 0 Å². The number of benzene rings is 1. The van der Waals surface area contributed by atoms with Crippen molar-refractivity contribution >= 4 is 17.7 Å². The van der Waals surface area contributed by atoms with Crippen molar-refractivity contribution in [1.82, 2.24) is 14.5 Å².